The molecule has 3 rings (SSSR count). The highest BCUT2D eigenvalue weighted by molar-refractivity contribution is 7.18. The molecule has 0 radical (unpaired) electrons. The molecule has 1 aromatic carbocycles. The van der Waals surface area contributed by atoms with Crippen molar-refractivity contribution in [2.75, 3.05) is 10.6 Å². The monoisotopic (exact) mass is 357 g/mol. The molecule has 1 aromatic heterocycles. The number of rotatable bonds is 6. The molecule has 130 valence electrons. The van der Waals surface area contributed by atoms with Gasteiger partial charge in [0.05, 0.1) is 16.3 Å². The predicted octanol–water partition coefficient (Wildman–Crippen LogP) is 2.69. The molecule has 0 unspecified atom stereocenters. The molecule has 1 aliphatic rings. The number of benzene rings is 1. The summed E-state index contributed by atoms with van der Waals surface area (Å²) in [5, 5.41) is 6.38. The molecule has 3 amide bonds. The number of thiophene rings is 1. The maximum Gasteiger partial charge on any atom is 0.266 e. The van der Waals surface area contributed by atoms with Crippen molar-refractivity contribution in [3.05, 3.63) is 46.3 Å². The normalized spacial score (nSPS) is 13.3. The van der Waals surface area contributed by atoms with Gasteiger partial charge in [-0.1, -0.05) is 12.1 Å². The van der Waals surface area contributed by atoms with E-state index in [1.165, 1.54) is 11.3 Å². The van der Waals surface area contributed by atoms with Crippen molar-refractivity contribution in [1.82, 2.24) is 0 Å². The van der Waals surface area contributed by atoms with Crippen LogP contribution in [0.1, 0.15) is 33.6 Å². The van der Waals surface area contributed by atoms with Crippen LogP contribution in [0.3, 0.4) is 0 Å². The van der Waals surface area contributed by atoms with Crippen molar-refractivity contribution in [3.8, 4) is 0 Å². The third-order valence-corrected chi connectivity index (χ3v) is 5.06. The Balaban J connectivity index is 1.65. The number of carbonyl (C=O) groups excluding carboxylic acids is 3. The molecule has 1 heterocycles. The van der Waals surface area contributed by atoms with E-state index in [9.17, 15) is 14.4 Å². The quantitative estimate of drug-likeness (QED) is 0.741. The van der Waals surface area contributed by atoms with Crippen LogP contribution in [0.4, 0.5) is 10.7 Å². The van der Waals surface area contributed by atoms with Crippen LogP contribution in [-0.2, 0) is 16.0 Å². The lowest BCUT2D eigenvalue weighted by atomic mass is 10.1. The Bertz CT molecular complexity index is 823. The molecule has 1 fully saturated rings. The van der Waals surface area contributed by atoms with Crippen molar-refractivity contribution < 1.29 is 14.4 Å². The summed E-state index contributed by atoms with van der Waals surface area (Å²) in [5.74, 6) is -0.472. The molecule has 0 bridgehead atoms. The van der Waals surface area contributed by atoms with Crippen LogP contribution in [0.15, 0.2) is 30.3 Å². The van der Waals surface area contributed by atoms with Crippen LogP contribution in [0.25, 0.3) is 0 Å². The van der Waals surface area contributed by atoms with E-state index in [0.29, 0.717) is 15.6 Å². The Hall–Kier alpha value is -2.67. The minimum atomic E-state index is -0.397. The van der Waals surface area contributed by atoms with Crippen molar-refractivity contribution in [3.63, 3.8) is 0 Å². The molecule has 6 nitrogen and oxygen atoms in total. The van der Waals surface area contributed by atoms with E-state index in [0.717, 1.165) is 24.0 Å². The molecular weight excluding hydrogens is 338 g/mol. The zero-order valence-electron chi connectivity index (χ0n) is 13.8. The summed E-state index contributed by atoms with van der Waals surface area (Å²) in [6.45, 7) is 1.84. The maximum atomic E-state index is 12.5. The average molecular weight is 357 g/mol. The van der Waals surface area contributed by atoms with Gasteiger partial charge in [-0.2, -0.15) is 0 Å². The number of nitrogens with one attached hydrogen (secondary N) is 2. The smallest absolute Gasteiger partial charge is 0.266 e. The summed E-state index contributed by atoms with van der Waals surface area (Å²) in [5.41, 5.74) is 7.40. The molecule has 7 heteroatoms. The molecule has 0 aliphatic heterocycles. The van der Waals surface area contributed by atoms with E-state index in [4.69, 9.17) is 5.73 Å². The second kappa shape index (κ2) is 7.06. The number of primary amides is 1. The van der Waals surface area contributed by atoms with Crippen LogP contribution in [0.2, 0.25) is 0 Å². The molecule has 0 saturated heterocycles. The highest BCUT2D eigenvalue weighted by atomic mass is 32.1. The van der Waals surface area contributed by atoms with Gasteiger partial charge in [-0.3, -0.25) is 14.4 Å². The minimum Gasteiger partial charge on any atom is -0.369 e. The Kier molecular flexibility index (Phi) is 4.85. The van der Waals surface area contributed by atoms with Crippen LogP contribution in [-0.4, -0.2) is 17.7 Å². The van der Waals surface area contributed by atoms with Gasteiger partial charge < -0.3 is 16.4 Å². The highest BCUT2D eigenvalue weighted by Gasteiger charge is 2.30. The third-order valence-electron chi connectivity index (χ3n) is 3.91. The van der Waals surface area contributed by atoms with Gasteiger partial charge in [0.1, 0.15) is 0 Å². The van der Waals surface area contributed by atoms with Gasteiger partial charge in [-0.15, -0.1) is 11.3 Å². The van der Waals surface area contributed by atoms with Gasteiger partial charge in [0.25, 0.3) is 5.91 Å². The van der Waals surface area contributed by atoms with Gasteiger partial charge >= 0.3 is 0 Å². The lowest BCUT2D eigenvalue weighted by Gasteiger charge is -2.05. The Morgan fingerprint density at radius 3 is 2.44 bits per heavy atom. The number of carbonyl (C=O) groups is 3. The van der Waals surface area contributed by atoms with Crippen LogP contribution >= 0.6 is 11.3 Å². The fourth-order valence-electron chi connectivity index (χ4n) is 2.43. The number of nitrogens with two attached hydrogens (primary N) is 1. The standard InChI is InChI=1S/C18H19N3O3S/c1-10-8-15(21-17(23)12-4-5-12)25-16(10)18(24)20-13-6-2-11(3-7-13)9-14(19)22/h2-3,6-8,12H,4-5,9H2,1H3,(H2,19,22)(H,20,24)(H,21,23). The SMILES string of the molecule is Cc1cc(NC(=O)C2CC2)sc1C(=O)Nc1ccc(CC(N)=O)cc1. The molecule has 2 aromatic rings. The lowest BCUT2D eigenvalue weighted by Crippen LogP contribution is -2.14. The third kappa shape index (κ3) is 4.45. The molecule has 1 aliphatic carbocycles. The van der Waals surface area contributed by atoms with Crippen molar-refractivity contribution in [2.24, 2.45) is 11.7 Å². The fraction of sp³-hybridized carbons (Fsp3) is 0.278. The van der Waals surface area contributed by atoms with Crippen LogP contribution in [0.5, 0.6) is 0 Å². The second-order valence-electron chi connectivity index (χ2n) is 6.18. The largest absolute Gasteiger partial charge is 0.369 e. The minimum absolute atomic E-state index is 0.0262. The Morgan fingerprint density at radius 1 is 1.16 bits per heavy atom. The van der Waals surface area contributed by atoms with Gasteiger partial charge in [-0.05, 0) is 49.1 Å². The summed E-state index contributed by atoms with van der Waals surface area (Å²) in [7, 11) is 0. The summed E-state index contributed by atoms with van der Waals surface area (Å²) in [6.07, 6.45) is 2.05. The maximum absolute atomic E-state index is 12.5. The Morgan fingerprint density at radius 2 is 1.84 bits per heavy atom. The summed E-state index contributed by atoms with van der Waals surface area (Å²) >= 11 is 1.27. The zero-order valence-corrected chi connectivity index (χ0v) is 14.6. The fourth-order valence-corrected chi connectivity index (χ4v) is 3.40. The molecular formula is C18H19N3O3S. The number of hydrogen-bond donors (Lipinski definition) is 3. The summed E-state index contributed by atoms with van der Waals surface area (Å²) in [4.78, 5) is 35.7. The van der Waals surface area contributed by atoms with E-state index in [1.54, 1.807) is 24.3 Å². The number of amides is 3. The van der Waals surface area contributed by atoms with Gasteiger partial charge in [-0.25, -0.2) is 0 Å². The summed E-state index contributed by atoms with van der Waals surface area (Å²) in [6, 6.07) is 8.78. The highest BCUT2D eigenvalue weighted by Crippen LogP contribution is 2.33. The van der Waals surface area contributed by atoms with E-state index in [-0.39, 0.29) is 24.2 Å². The second-order valence-corrected chi connectivity index (χ2v) is 7.23. The van der Waals surface area contributed by atoms with E-state index in [2.05, 4.69) is 10.6 Å². The predicted molar refractivity (Wildman–Crippen MR) is 97.7 cm³/mol. The number of aryl methyl sites for hydroxylation is 1. The molecule has 1 saturated carbocycles. The Labute approximate surface area is 149 Å². The first kappa shape index (κ1) is 17.2. The first-order valence-corrected chi connectivity index (χ1v) is 8.84. The number of anilines is 2. The first-order valence-electron chi connectivity index (χ1n) is 8.02. The van der Waals surface area contributed by atoms with Gasteiger partial charge in [0.15, 0.2) is 0 Å². The topological polar surface area (TPSA) is 101 Å². The van der Waals surface area contributed by atoms with Crippen LogP contribution in [0, 0.1) is 12.8 Å². The van der Waals surface area contributed by atoms with Crippen LogP contribution < -0.4 is 16.4 Å². The van der Waals surface area contributed by atoms with Gasteiger partial charge in [0.2, 0.25) is 11.8 Å². The van der Waals surface area contributed by atoms with E-state index in [1.807, 2.05) is 13.0 Å². The van der Waals surface area contributed by atoms with Crippen molar-refractivity contribution in [2.45, 2.75) is 26.2 Å². The average Bonchev–Trinajstić information content (AvgIpc) is 3.33. The molecule has 0 atom stereocenters. The lowest BCUT2D eigenvalue weighted by molar-refractivity contribution is -0.118. The van der Waals surface area contributed by atoms with E-state index >= 15 is 0 Å². The van der Waals surface area contributed by atoms with E-state index < -0.39 is 5.91 Å². The molecule has 0 spiro atoms. The molecule has 25 heavy (non-hydrogen) atoms. The first-order chi connectivity index (χ1) is 11.9. The summed E-state index contributed by atoms with van der Waals surface area (Å²) < 4.78 is 0. The number of hydrogen-bond acceptors (Lipinski definition) is 4. The van der Waals surface area contributed by atoms with Gasteiger partial charge in [0, 0.05) is 11.6 Å². The zero-order chi connectivity index (χ0) is 18.0. The van der Waals surface area contributed by atoms with Crippen molar-refractivity contribution in [1.29, 1.82) is 0 Å². The molecule has 4 N–H and O–H groups in total. The van der Waals surface area contributed by atoms with Crippen molar-refractivity contribution >= 4 is 39.7 Å².